The molecular formula is C15H10F6N2O. The lowest BCUT2D eigenvalue weighted by Gasteiger charge is -2.16. The number of alkyl halides is 6. The van der Waals surface area contributed by atoms with E-state index in [9.17, 15) is 31.1 Å². The lowest BCUT2D eigenvalue weighted by Crippen LogP contribution is -2.18. The van der Waals surface area contributed by atoms with Crippen LogP contribution >= 0.6 is 0 Å². The van der Waals surface area contributed by atoms with Crippen LogP contribution in [0.15, 0.2) is 42.5 Å². The predicted octanol–water partition coefficient (Wildman–Crippen LogP) is 4.56. The van der Waals surface area contributed by atoms with Gasteiger partial charge in [-0.2, -0.15) is 26.3 Å². The highest BCUT2D eigenvalue weighted by Crippen LogP contribution is 2.39. The maximum Gasteiger partial charge on any atom is 0.418 e. The van der Waals surface area contributed by atoms with Crippen LogP contribution < -0.4 is 11.1 Å². The Morgan fingerprint density at radius 2 is 1.58 bits per heavy atom. The average molecular weight is 348 g/mol. The number of benzene rings is 2. The molecule has 0 bridgehead atoms. The van der Waals surface area contributed by atoms with Crippen molar-refractivity contribution in [3.63, 3.8) is 0 Å². The Kier molecular flexibility index (Phi) is 4.46. The minimum absolute atomic E-state index is 0.0250. The summed E-state index contributed by atoms with van der Waals surface area (Å²) in [6, 6.07) is 6.41. The molecule has 0 fully saturated rings. The van der Waals surface area contributed by atoms with E-state index >= 15 is 0 Å². The number of rotatable bonds is 2. The number of carbonyl (C=O) groups is 1. The van der Waals surface area contributed by atoms with Gasteiger partial charge < -0.3 is 11.1 Å². The third kappa shape index (κ3) is 3.98. The molecule has 0 aliphatic heterocycles. The molecule has 9 heteroatoms. The highest BCUT2D eigenvalue weighted by molar-refractivity contribution is 6.05. The van der Waals surface area contributed by atoms with Crippen LogP contribution in [-0.4, -0.2) is 5.91 Å². The van der Waals surface area contributed by atoms with Crippen molar-refractivity contribution in [2.45, 2.75) is 12.4 Å². The molecule has 2 rings (SSSR count). The summed E-state index contributed by atoms with van der Waals surface area (Å²) in [5.74, 6) is -0.924. The van der Waals surface area contributed by atoms with Crippen LogP contribution in [0.4, 0.5) is 37.7 Å². The van der Waals surface area contributed by atoms with Crippen LogP contribution in [0.3, 0.4) is 0 Å². The second kappa shape index (κ2) is 6.06. The van der Waals surface area contributed by atoms with Gasteiger partial charge in [0.25, 0.3) is 5.91 Å². The van der Waals surface area contributed by atoms with Gasteiger partial charge in [0.2, 0.25) is 0 Å². The maximum absolute atomic E-state index is 13.0. The summed E-state index contributed by atoms with van der Waals surface area (Å²) >= 11 is 0. The molecule has 0 saturated heterocycles. The zero-order valence-electron chi connectivity index (χ0n) is 11.8. The molecular weight excluding hydrogens is 338 g/mol. The fourth-order valence-corrected chi connectivity index (χ4v) is 1.94. The van der Waals surface area contributed by atoms with E-state index in [-0.39, 0.29) is 17.3 Å². The van der Waals surface area contributed by atoms with Crippen molar-refractivity contribution < 1.29 is 31.1 Å². The summed E-state index contributed by atoms with van der Waals surface area (Å²) in [5.41, 5.74) is 1.84. The topological polar surface area (TPSA) is 55.1 Å². The van der Waals surface area contributed by atoms with Crippen LogP contribution in [-0.2, 0) is 12.4 Å². The van der Waals surface area contributed by atoms with Crippen LogP contribution in [0, 0.1) is 0 Å². The summed E-state index contributed by atoms with van der Waals surface area (Å²) in [7, 11) is 0. The van der Waals surface area contributed by atoms with Crippen LogP contribution in [0.1, 0.15) is 21.5 Å². The number of amides is 1. The van der Waals surface area contributed by atoms with E-state index in [0.717, 1.165) is 0 Å². The molecule has 0 aliphatic carbocycles. The van der Waals surface area contributed by atoms with Gasteiger partial charge in [0.05, 0.1) is 16.8 Å². The number of carbonyl (C=O) groups excluding carboxylic acids is 1. The highest BCUT2D eigenvalue weighted by Gasteiger charge is 2.38. The molecule has 0 heterocycles. The predicted molar refractivity (Wildman–Crippen MR) is 75.3 cm³/mol. The van der Waals surface area contributed by atoms with E-state index in [1.807, 2.05) is 5.32 Å². The van der Waals surface area contributed by atoms with Gasteiger partial charge in [0.1, 0.15) is 0 Å². The monoisotopic (exact) mass is 348 g/mol. The van der Waals surface area contributed by atoms with Crippen LogP contribution in [0.5, 0.6) is 0 Å². The van der Waals surface area contributed by atoms with Crippen LogP contribution in [0.2, 0.25) is 0 Å². The van der Waals surface area contributed by atoms with Crippen molar-refractivity contribution in [1.29, 1.82) is 0 Å². The molecule has 128 valence electrons. The lowest BCUT2D eigenvalue weighted by atomic mass is 10.1. The fourth-order valence-electron chi connectivity index (χ4n) is 1.94. The number of anilines is 2. The van der Waals surface area contributed by atoms with Crippen molar-refractivity contribution in [2.75, 3.05) is 11.1 Å². The van der Waals surface area contributed by atoms with Gasteiger partial charge in [-0.1, -0.05) is 6.07 Å². The fraction of sp³-hybridized carbons (Fsp3) is 0.133. The van der Waals surface area contributed by atoms with Gasteiger partial charge in [0, 0.05) is 11.3 Å². The number of nitrogens with one attached hydrogen (secondary N) is 1. The Bertz CT molecular complexity index is 767. The van der Waals surface area contributed by atoms with E-state index < -0.39 is 35.1 Å². The van der Waals surface area contributed by atoms with Crippen LogP contribution in [0.25, 0.3) is 0 Å². The minimum Gasteiger partial charge on any atom is -0.399 e. The van der Waals surface area contributed by atoms with E-state index in [0.29, 0.717) is 12.1 Å². The first-order valence-corrected chi connectivity index (χ1v) is 6.44. The van der Waals surface area contributed by atoms with Crippen molar-refractivity contribution in [1.82, 2.24) is 0 Å². The molecule has 0 atom stereocenters. The van der Waals surface area contributed by atoms with Gasteiger partial charge in [-0.25, -0.2) is 0 Å². The van der Waals surface area contributed by atoms with Crippen molar-refractivity contribution in [3.05, 3.63) is 59.2 Å². The molecule has 24 heavy (non-hydrogen) atoms. The van der Waals surface area contributed by atoms with Gasteiger partial charge in [-0.05, 0) is 36.4 Å². The summed E-state index contributed by atoms with van der Waals surface area (Å²) in [4.78, 5) is 12.0. The molecule has 0 unspecified atom stereocenters. The third-order valence-electron chi connectivity index (χ3n) is 3.05. The summed E-state index contributed by atoms with van der Waals surface area (Å²) in [6.45, 7) is 0. The van der Waals surface area contributed by atoms with E-state index in [4.69, 9.17) is 5.73 Å². The van der Waals surface area contributed by atoms with E-state index in [1.54, 1.807) is 0 Å². The normalized spacial score (nSPS) is 12.1. The summed E-state index contributed by atoms with van der Waals surface area (Å²) in [5, 5.41) is 1.96. The molecule has 3 N–H and O–H groups in total. The molecule has 0 aliphatic rings. The van der Waals surface area contributed by atoms with Gasteiger partial charge in [0.15, 0.2) is 0 Å². The summed E-state index contributed by atoms with van der Waals surface area (Å²) in [6.07, 6.45) is -10.0. The zero-order chi connectivity index (χ0) is 18.1. The molecule has 2 aromatic rings. The molecule has 0 aromatic heterocycles. The molecule has 0 saturated carbocycles. The molecule has 2 aromatic carbocycles. The Hall–Kier alpha value is -2.71. The molecule has 1 amide bonds. The van der Waals surface area contributed by atoms with Gasteiger partial charge in [-0.3, -0.25) is 4.79 Å². The smallest absolute Gasteiger partial charge is 0.399 e. The second-order valence-electron chi connectivity index (χ2n) is 4.84. The number of nitrogen functional groups attached to an aromatic ring is 1. The van der Waals surface area contributed by atoms with E-state index in [1.165, 1.54) is 24.3 Å². The van der Waals surface area contributed by atoms with Crippen molar-refractivity contribution in [2.24, 2.45) is 0 Å². The average Bonchev–Trinajstić information content (AvgIpc) is 2.45. The number of hydrogen-bond donors (Lipinski definition) is 2. The van der Waals surface area contributed by atoms with E-state index in [2.05, 4.69) is 0 Å². The first kappa shape index (κ1) is 17.6. The SMILES string of the molecule is Nc1cccc(C(=O)Nc2ccc(C(F)(F)F)cc2C(F)(F)F)c1. The van der Waals surface area contributed by atoms with Gasteiger partial charge in [-0.15, -0.1) is 0 Å². The van der Waals surface area contributed by atoms with Crippen molar-refractivity contribution in [3.8, 4) is 0 Å². The highest BCUT2D eigenvalue weighted by atomic mass is 19.4. The summed E-state index contributed by atoms with van der Waals surface area (Å²) < 4.78 is 76.8. The number of nitrogens with two attached hydrogens (primary N) is 1. The largest absolute Gasteiger partial charge is 0.418 e. The number of halogens is 6. The number of hydrogen-bond acceptors (Lipinski definition) is 2. The standard InChI is InChI=1S/C15H10F6N2O/c16-14(17,18)9-4-5-12(11(7-9)15(19,20)21)23-13(24)8-2-1-3-10(22)6-8/h1-7H,22H2,(H,23,24). The Morgan fingerprint density at radius 1 is 0.917 bits per heavy atom. The van der Waals surface area contributed by atoms with Gasteiger partial charge >= 0.3 is 12.4 Å². The van der Waals surface area contributed by atoms with Crippen molar-refractivity contribution >= 4 is 17.3 Å². The first-order chi connectivity index (χ1) is 11.0. The molecule has 3 nitrogen and oxygen atoms in total. The first-order valence-electron chi connectivity index (χ1n) is 6.44. The Morgan fingerprint density at radius 3 is 2.12 bits per heavy atom. The second-order valence-corrected chi connectivity index (χ2v) is 4.84. The maximum atomic E-state index is 13.0. The Labute approximate surface area is 132 Å². The molecule has 0 spiro atoms. The molecule has 0 radical (unpaired) electrons. The Balaban J connectivity index is 2.41. The minimum atomic E-state index is -5.07. The quantitative estimate of drug-likeness (QED) is 0.618. The lowest BCUT2D eigenvalue weighted by molar-refractivity contribution is -0.142. The third-order valence-corrected chi connectivity index (χ3v) is 3.05. The zero-order valence-corrected chi connectivity index (χ0v) is 11.8.